The number of hydrogen-bond donors (Lipinski definition) is 2. The van der Waals surface area contributed by atoms with Crippen LogP contribution >= 0.6 is 0 Å². The molecule has 7 nitrogen and oxygen atoms in total. The van der Waals surface area contributed by atoms with Crippen LogP contribution in [-0.2, 0) is 23.9 Å². The van der Waals surface area contributed by atoms with Crippen molar-refractivity contribution in [1.82, 2.24) is 0 Å². The molecule has 2 fully saturated rings. The molecule has 0 heterocycles. The van der Waals surface area contributed by atoms with Crippen LogP contribution in [0.25, 0.3) is 0 Å². The maximum absolute atomic E-state index is 13.1. The van der Waals surface area contributed by atoms with E-state index in [1.165, 1.54) is 6.92 Å². The van der Waals surface area contributed by atoms with Gasteiger partial charge in [-0.2, -0.15) is 0 Å². The third-order valence-electron chi connectivity index (χ3n) is 9.10. The third kappa shape index (κ3) is 3.12. The summed E-state index contributed by atoms with van der Waals surface area (Å²) in [5.41, 5.74) is -2.06. The minimum atomic E-state index is -1.48. The number of aliphatic hydroxyl groups excluding tert-OH is 1. The minimum Gasteiger partial charge on any atom is -0.458 e. The fraction of sp³-hybridized carbons (Fsp3) is 0.741. The Labute approximate surface area is 201 Å². The molecule has 34 heavy (non-hydrogen) atoms. The summed E-state index contributed by atoms with van der Waals surface area (Å²) in [5.74, 6) is -3.95. The Morgan fingerprint density at radius 2 is 1.76 bits per heavy atom. The molecule has 9 atom stereocenters. The van der Waals surface area contributed by atoms with Crippen molar-refractivity contribution in [1.29, 1.82) is 0 Å². The molecular weight excluding hydrogens is 436 g/mol. The molecule has 0 aromatic carbocycles. The molecule has 0 bridgehead atoms. The van der Waals surface area contributed by atoms with Crippen molar-refractivity contribution in [3.63, 3.8) is 0 Å². The quantitative estimate of drug-likeness (QED) is 0.476. The van der Waals surface area contributed by atoms with Gasteiger partial charge in [-0.05, 0) is 30.9 Å². The molecule has 4 aliphatic rings. The molecule has 0 aromatic rings. The maximum atomic E-state index is 13.1. The standard InChI is InChI=1S/C27H38O7/c1-12(2)9-19(29)33-24-15(5)26(32)17-10-13(3)21(30)20(17)22(31)14(4)11-18(26)23-25(7,8)27(23,24)34-16(6)28/h10-12,15,17-18,20,22-24,31-32H,9H2,1-8H3/t15-,17-,18+,20-,22+,23-,24-,26+,27-/m1/s1. The second kappa shape index (κ2) is 7.76. The van der Waals surface area contributed by atoms with Crippen molar-refractivity contribution < 1.29 is 34.1 Å². The Hall–Kier alpha value is -1.99. The SMILES string of the molecule is CC(=O)O[C@@]12[C@H](OC(=O)CC(C)C)[C@@H](C)[C@]3(O)[C@@H]4C=C(C)C(=O)[C@@H]4[C@@H](O)C(C)=C[C@H]3[C@@H]1C2(C)C. The average molecular weight is 475 g/mol. The summed E-state index contributed by atoms with van der Waals surface area (Å²) in [5, 5.41) is 23.6. The highest BCUT2D eigenvalue weighted by Crippen LogP contribution is 2.76. The molecule has 188 valence electrons. The van der Waals surface area contributed by atoms with Gasteiger partial charge in [0.1, 0.15) is 6.10 Å². The van der Waals surface area contributed by atoms with Crippen molar-refractivity contribution in [2.24, 2.45) is 40.9 Å². The van der Waals surface area contributed by atoms with Gasteiger partial charge in [0.2, 0.25) is 0 Å². The van der Waals surface area contributed by atoms with E-state index in [0.717, 1.165) is 0 Å². The first-order valence-corrected chi connectivity index (χ1v) is 12.3. The number of Topliss-reactive ketones (excluding diaryl/α,β-unsaturated/α-hetero) is 1. The topological polar surface area (TPSA) is 110 Å². The van der Waals surface area contributed by atoms with Crippen LogP contribution in [0.3, 0.4) is 0 Å². The van der Waals surface area contributed by atoms with Gasteiger partial charge in [0.15, 0.2) is 11.4 Å². The lowest BCUT2D eigenvalue weighted by Gasteiger charge is -2.52. The number of fused-ring (bicyclic) bond motifs is 5. The van der Waals surface area contributed by atoms with E-state index in [1.807, 2.05) is 33.8 Å². The Kier molecular flexibility index (Phi) is 5.73. The van der Waals surface area contributed by atoms with Crippen LogP contribution < -0.4 is 0 Å². The van der Waals surface area contributed by atoms with Crippen LogP contribution in [0.5, 0.6) is 0 Å². The molecule has 7 heteroatoms. The summed E-state index contributed by atoms with van der Waals surface area (Å²) >= 11 is 0. The van der Waals surface area contributed by atoms with E-state index in [-0.39, 0.29) is 24.0 Å². The highest BCUT2D eigenvalue weighted by atomic mass is 16.6. The van der Waals surface area contributed by atoms with Gasteiger partial charge in [-0.25, -0.2) is 0 Å². The van der Waals surface area contributed by atoms with E-state index in [9.17, 15) is 24.6 Å². The Balaban J connectivity index is 1.90. The van der Waals surface area contributed by atoms with E-state index in [2.05, 4.69) is 0 Å². The first-order valence-electron chi connectivity index (χ1n) is 12.3. The largest absolute Gasteiger partial charge is 0.458 e. The molecule has 0 saturated heterocycles. The van der Waals surface area contributed by atoms with Gasteiger partial charge < -0.3 is 19.7 Å². The van der Waals surface area contributed by atoms with Crippen molar-refractivity contribution in [2.45, 2.75) is 85.2 Å². The monoisotopic (exact) mass is 474 g/mol. The van der Waals surface area contributed by atoms with Crippen molar-refractivity contribution in [3.8, 4) is 0 Å². The lowest BCUT2D eigenvalue weighted by atomic mass is 9.59. The second-order valence-electron chi connectivity index (χ2n) is 11.9. The van der Waals surface area contributed by atoms with Gasteiger partial charge in [-0.3, -0.25) is 14.4 Å². The van der Waals surface area contributed by atoms with E-state index >= 15 is 0 Å². The third-order valence-corrected chi connectivity index (χ3v) is 9.10. The Morgan fingerprint density at radius 1 is 1.15 bits per heavy atom. The highest BCUT2D eigenvalue weighted by Gasteiger charge is 2.87. The van der Waals surface area contributed by atoms with Gasteiger partial charge in [-0.15, -0.1) is 0 Å². The summed E-state index contributed by atoms with van der Waals surface area (Å²) < 4.78 is 12.1. The smallest absolute Gasteiger partial charge is 0.306 e. The molecule has 0 spiro atoms. The molecule has 2 N–H and O–H groups in total. The van der Waals surface area contributed by atoms with E-state index in [0.29, 0.717) is 11.1 Å². The van der Waals surface area contributed by atoms with Crippen LogP contribution in [0, 0.1) is 40.9 Å². The highest BCUT2D eigenvalue weighted by molar-refractivity contribution is 6.00. The predicted molar refractivity (Wildman–Crippen MR) is 124 cm³/mol. The van der Waals surface area contributed by atoms with Crippen LogP contribution in [0.15, 0.2) is 23.3 Å². The molecule has 0 aromatic heterocycles. The lowest BCUT2D eigenvalue weighted by Crippen LogP contribution is -2.64. The fourth-order valence-electron chi connectivity index (χ4n) is 7.51. The number of carbonyl (C=O) groups is 3. The molecule has 4 aliphatic carbocycles. The van der Waals surface area contributed by atoms with Gasteiger partial charge in [0.25, 0.3) is 0 Å². The van der Waals surface area contributed by atoms with Gasteiger partial charge in [0.05, 0.1) is 17.6 Å². The van der Waals surface area contributed by atoms with Gasteiger partial charge in [-0.1, -0.05) is 46.8 Å². The minimum absolute atomic E-state index is 0.0796. The van der Waals surface area contributed by atoms with Crippen molar-refractivity contribution in [3.05, 3.63) is 23.3 Å². The number of ether oxygens (including phenoxy) is 2. The lowest BCUT2D eigenvalue weighted by molar-refractivity contribution is -0.221. The van der Waals surface area contributed by atoms with Crippen LogP contribution in [0.2, 0.25) is 0 Å². The summed E-state index contributed by atoms with van der Waals surface area (Å²) in [7, 11) is 0. The van der Waals surface area contributed by atoms with Crippen LogP contribution in [0.4, 0.5) is 0 Å². The Morgan fingerprint density at radius 3 is 2.32 bits per heavy atom. The van der Waals surface area contributed by atoms with Gasteiger partial charge in [0, 0.05) is 42.4 Å². The number of carbonyl (C=O) groups excluding carboxylic acids is 3. The fourth-order valence-corrected chi connectivity index (χ4v) is 7.51. The molecular formula is C27H38O7. The van der Waals surface area contributed by atoms with Gasteiger partial charge >= 0.3 is 11.9 Å². The molecule has 0 amide bonds. The maximum Gasteiger partial charge on any atom is 0.306 e. The van der Waals surface area contributed by atoms with Crippen LogP contribution in [0.1, 0.15) is 61.8 Å². The average Bonchev–Trinajstić information content (AvgIpc) is 3.05. The summed E-state index contributed by atoms with van der Waals surface area (Å²) in [6.07, 6.45) is 1.92. The zero-order valence-electron chi connectivity index (χ0n) is 21.4. The first-order chi connectivity index (χ1) is 15.6. The second-order valence-corrected chi connectivity index (χ2v) is 11.9. The Bertz CT molecular complexity index is 991. The van der Waals surface area contributed by atoms with E-state index < -0.39 is 64.4 Å². The zero-order valence-corrected chi connectivity index (χ0v) is 21.4. The predicted octanol–water partition coefficient (Wildman–Crippen LogP) is 2.98. The van der Waals surface area contributed by atoms with Crippen LogP contribution in [-0.4, -0.2) is 51.3 Å². The first kappa shape index (κ1) is 25.1. The van der Waals surface area contributed by atoms with E-state index in [1.54, 1.807) is 26.8 Å². The number of aliphatic hydroxyl groups is 2. The van der Waals surface area contributed by atoms with E-state index in [4.69, 9.17) is 9.47 Å². The summed E-state index contributed by atoms with van der Waals surface area (Å²) in [6, 6.07) is 0. The molecule has 2 saturated carbocycles. The molecule has 4 rings (SSSR count). The van der Waals surface area contributed by atoms with Crippen molar-refractivity contribution >= 4 is 17.7 Å². The number of ketones is 1. The summed E-state index contributed by atoms with van der Waals surface area (Å²) in [4.78, 5) is 38.2. The zero-order chi connectivity index (χ0) is 25.5. The van der Waals surface area contributed by atoms with Crippen molar-refractivity contribution in [2.75, 3.05) is 0 Å². The number of allylic oxidation sites excluding steroid dienone is 1. The molecule has 0 unspecified atom stereocenters. The number of hydrogen-bond acceptors (Lipinski definition) is 7. The summed E-state index contributed by atoms with van der Waals surface area (Å²) in [6.45, 7) is 14.4. The molecule has 0 radical (unpaired) electrons. The number of rotatable bonds is 4. The molecule has 0 aliphatic heterocycles. The normalized spacial score (nSPS) is 44.2. The number of esters is 2.